The fourth-order valence-electron chi connectivity index (χ4n) is 4.28. The van der Waals surface area contributed by atoms with Crippen LogP contribution >= 0.6 is 11.6 Å². The summed E-state index contributed by atoms with van der Waals surface area (Å²) in [7, 11) is 3.87. The van der Waals surface area contributed by atoms with Gasteiger partial charge in [-0.25, -0.2) is 9.97 Å². The number of hydrogen-bond donors (Lipinski definition) is 0. The van der Waals surface area contributed by atoms with Crippen molar-refractivity contribution in [1.29, 1.82) is 0 Å². The molecule has 1 aromatic carbocycles. The van der Waals surface area contributed by atoms with Gasteiger partial charge < -0.3 is 9.80 Å². The van der Waals surface area contributed by atoms with Crippen molar-refractivity contribution in [2.75, 3.05) is 45.2 Å². The molecule has 1 aromatic heterocycles. The van der Waals surface area contributed by atoms with Crippen LogP contribution in [0.15, 0.2) is 30.5 Å². The van der Waals surface area contributed by atoms with Crippen molar-refractivity contribution < 1.29 is 4.79 Å². The smallest absolute Gasteiger partial charge is 0.237 e. The van der Waals surface area contributed by atoms with E-state index >= 15 is 0 Å². The van der Waals surface area contributed by atoms with Gasteiger partial charge in [0.25, 0.3) is 0 Å². The third-order valence-electron chi connectivity index (χ3n) is 5.81. The monoisotopic (exact) mass is 413 g/mol. The van der Waals surface area contributed by atoms with Gasteiger partial charge in [-0.1, -0.05) is 23.7 Å². The topological polar surface area (TPSA) is 52.6 Å². The predicted octanol–water partition coefficient (Wildman–Crippen LogP) is 3.62. The lowest BCUT2D eigenvalue weighted by Crippen LogP contribution is -2.39. The molecule has 0 N–H and O–H groups in total. The first-order valence-corrected chi connectivity index (χ1v) is 10.7. The molecule has 7 heteroatoms. The summed E-state index contributed by atoms with van der Waals surface area (Å²) in [5, 5.41) is 0.699. The molecule has 2 saturated heterocycles. The van der Waals surface area contributed by atoms with Crippen molar-refractivity contribution >= 4 is 23.5 Å². The van der Waals surface area contributed by atoms with Crippen molar-refractivity contribution in [3.63, 3.8) is 0 Å². The Morgan fingerprint density at radius 3 is 2.55 bits per heavy atom. The van der Waals surface area contributed by atoms with Gasteiger partial charge in [0.05, 0.1) is 18.3 Å². The molecule has 0 aliphatic carbocycles. The van der Waals surface area contributed by atoms with Crippen molar-refractivity contribution in [2.24, 2.45) is 0 Å². The number of nitrogens with zero attached hydrogens (tertiary/aromatic N) is 5. The molecule has 0 radical (unpaired) electrons. The Hall–Kier alpha value is -2.18. The predicted molar refractivity (Wildman–Crippen MR) is 116 cm³/mol. The third-order valence-corrected chi connectivity index (χ3v) is 6.06. The van der Waals surface area contributed by atoms with Gasteiger partial charge in [-0.3, -0.25) is 9.69 Å². The highest BCUT2D eigenvalue weighted by atomic mass is 35.5. The minimum atomic E-state index is -0.0162. The summed E-state index contributed by atoms with van der Waals surface area (Å²) in [5.41, 5.74) is 2.92. The number of aromatic nitrogens is 2. The maximum atomic E-state index is 13.1. The number of halogens is 1. The number of benzene rings is 1. The van der Waals surface area contributed by atoms with Gasteiger partial charge in [0, 0.05) is 37.4 Å². The Balaban J connectivity index is 1.68. The summed E-state index contributed by atoms with van der Waals surface area (Å²) < 4.78 is 0. The highest BCUT2D eigenvalue weighted by Crippen LogP contribution is 2.37. The number of amides is 1. The summed E-state index contributed by atoms with van der Waals surface area (Å²) in [4.78, 5) is 28.7. The molecule has 1 atom stereocenters. The zero-order valence-electron chi connectivity index (χ0n) is 17.1. The van der Waals surface area contributed by atoms with E-state index in [9.17, 15) is 4.79 Å². The largest absolute Gasteiger partial charge is 0.347 e. The van der Waals surface area contributed by atoms with Gasteiger partial charge in [0.2, 0.25) is 11.9 Å². The molecular formula is C22H28ClN5O. The first kappa shape index (κ1) is 20.1. The van der Waals surface area contributed by atoms with Crippen molar-refractivity contribution in [3.8, 4) is 11.1 Å². The summed E-state index contributed by atoms with van der Waals surface area (Å²) in [5.74, 6) is 0.873. The van der Waals surface area contributed by atoms with Crippen LogP contribution in [0.1, 0.15) is 37.4 Å². The van der Waals surface area contributed by atoms with Crippen molar-refractivity contribution in [3.05, 3.63) is 41.2 Å². The minimum absolute atomic E-state index is 0.0162. The fourth-order valence-corrected chi connectivity index (χ4v) is 4.40. The average molecular weight is 414 g/mol. The maximum absolute atomic E-state index is 13.1. The molecule has 29 heavy (non-hydrogen) atoms. The van der Waals surface area contributed by atoms with Crippen molar-refractivity contribution in [1.82, 2.24) is 19.8 Å². The molecule has 3 heterocycles. The summed E-state index contributed by atoms with van der Waals surface area (Å²) in [6.45, 7) is 3.36. The molecular weight excluding hydrogens is 386 g/mol. The number of rotatable bonds is 5. The van der Waals surface area contributed by atoms with Crippen molar-refractivity contribution in [2.45, 2.75) is 31.7 Å². The molecule has 0 bridgehead atoms. The first-order chi connectivity index (χ1) is 14.0. The molecule has 0 spiro atoms. The van der Waals surface area contributed by atoms with E-state index in [1.807, 2.05) is 54.4 Å². The molecule has 4 rings (SSSR count). The van der Waals surface area contributed by atoms with E-state index < -0.39 is 0 Å². The van der Waals surface area contributed by atoms with Gasteiger partial charge >= 0.3 is 0 Å². The standard InChI is InChI=1S/C22H28ClN5O/c1-26(2)22-24-14-18(16-7-9-17(23)10-8-16)21(25-22)19-6-5-13-28(19)20(29)15-27-11-3-4-12-27/h7-10,14,19H,3-6,11-13,15H2,1-2H3. The van der Waals surface area contributed by atoms with Gasteiger partial charge in [0.15, 0.2) is 0 Å². The number of hydrogen-bond acceptors (Lipinski definition) is 5. The second kappa shape index (κ2) is 8.67. The van der Waals surface area contributed by atoms with Crippen LogP contribution in [-0.4, -0.2) is 65.9 Å². The lowest BCUT2D eigenvalue weighted by Gasteiger charge is -2.28. The number of likely N-dealkylation sites (tertiary alicyclic amines) is 2. The highest BCUT2D eigenvalue weighted by Gasteiger charge is 2.34. The van der Waals surface area contributed by atoms with Gasteiger partial charge in [-0.15, -0.1) is 0 Å². The molecule has 2 aliphatic heterocycles. The van der Waals surface area contributed by atoms with Gasteiger partial charge in [-0.2, -0.15) is 0 Å². The molecule has 154 valence electrons. The Morgan fingerprint density at radius 1 is 1.14 bits per heavy atom. The van der Waals surface area contributed by atoms with E-state index in [2.05, 4.69) is 9.88 Å². The maximum Gasteiger partial charge on any atom is 0.237 e. The van der Waals surface area contributed by atoms with Gasteiger partial charge in [0.1, 0.15) is 0 Å². The lowest BCUT2D eigenvalue weighted by molar-refractivity contribution is -0.133. The first-order valence-electron chi connectivity index (χ1n) is 10.3. The van der Waals surface area contributed by atoms with E-state index in [1.165, 1.54) is 12.8 Å². The second-order valence-electron chi connectivity index (χ2n) is 8.10. The zero-order chi connectivity index (χ0) is 20.4. The quantitative estimate of drug-likeness (QED) is 0.749. The van der Waals surface area contributed by atoms with Crippen LogP contribution in [0, 0.1) is 0 Å². The van der Waals surface area contributed by atoms with Gasteiger partial charge in [-0.05, 0) is 56.5 Å². The van der Waals surface area contributed by atoms with E-state index in [4.69, 9.17) is 16.6 Å². The Labute approximate surface area is 177 Å². The minimum Gasteiger partial charge on any atom is -0.347 e. The lowest BCUT2D eigenvalue weighted by atomic mass is 10.00. The summed E-state index contributed by atoms with van der Waals surface area (Å²) in [6, 6.07) is 7.73. The van der Waals surface area contributed by atoms with Crippen LogP contribution in [0.4, 0.5) is 5.95 Å². The Morgan fingerprint density at radius 2 is 1.86 bits per heavy atom. The summed E-state index contributed by atoms with van der Waals surface area (Å²) >= 11 is 6.08. The van der Waals surface area contributed by atoms with E-state index in [1.54, 1.807) is 0 Å². The number of anilines is 1. The molecule has 2 fully saturated rings. The number of carbonyl (C=O) groups is 1. The Bertz CT molecular complexity index is 864. The highest BCUT2D eigenvalue weighted by molar-refractivity contribution is 6.30. The summed E-state index contributed by atoms with van der Waals surface area (Å²) in [6.07, 6.45) is 6.18. The van der Waals surface area contributed by atoms with Crippen LogP contribution in [0.2, 0.25) is 5.02 Å². The molecule has 6 nitrogen and oxygen atoms in total. The fraction of sp³-hybridized carbons (Fsp3) is 0.500. The molecule has 2 aliphatic rings. The molecule has 2 aromatic rings. The van der Waals surface area contributed by atoms with Crippen LogP contribution in [0.5, 0.6) is 0 Å². The zero-order valence-corrected chi connectivity index (χ0v) is 17.9. The van der Waals surface area contributed by atoms with E-state index in [0.29, 0.717) is 17.5 Å². The normalized spacial score (nSPS) is 19.7. The SMILES string of the molecule is CN(C)c1ncc(-c2ccc(Cl)cc2)c(C2CCCN2C(=O)CN2CCCC2)n1. The average Bonchev–Trinajstić information content (AvgIpc) is 3.40. The Kier molecular flexibility index (Phi) is 6.01. The van der Waals surface area contributed by atoms with E-state index in [0.717, 1.165) is 49.3 Å². The van der Waals surface area contributed by atoms with Crippen LogP contribution in [0.3, 0.4) is 0 Å². The van der Waals surface area contributed by atoms with Crippen LogP contribution < -0.4 is 4.90 Å². The van der Waals surface area contributed by atoms with Crippen LogP contribution in [-0.2, 0) is 4.79 Å². The number of carbonyl (C=O) groups excluding carboxylic acids is 1. The third kappa shape index (κ3) is 4.38. The second-order valence-corrected chi connectivity index (χ2v) is 8.54. The molecule has 1 unspecified atom stereocenters. The molecule has 0 saturated carbocycles. The molecule has 1 amide bonds. The van der Waals surface area contributed by atoms with Crippen LogP contribution in [0.25, 0.3) is 11.1 Å². The van der Waals surface area contributed by atoms with E-state index in [-0.39, 0.29) is 11.9 Å².